The van der Waals surface area contributed by atoms with Crippen molar-refractivity contribution in [2.45, 2.75) is 18.8 Å². The summed E-state index contributed by atoms with van der Waals surface area (Å²) in [5, 5.41) is 12.0. The smallest absolute Gasteiger partial charge is 0.163 e. The Labute approximate surface area is 186 Å². The summed E-state index contributed by atoms with van der Waals surface area (Å²) in [5.74, 6) is 2.64. The van der Waals surface area contributed by atoms with Crippen LogP contribution in [0.25, 0.3) is 10.9 Å². The summed E-state index contributed by atoms with van der Waals surface area (Å²) in [7, 11) is 1.61. The van der Waals surface area contributed by atoms with Crippen LogP contribution < -0.4 is 18.9 Å². The van der Waals surface area contributed by atoms with Crippen molar-refractivity contribution in [2.24, 2.45) is 0 Å². The number of fused-ring (bicyclic) bond motifs is 2. The summed E-state index contributed by atoms with van der Waals surface area (Å²) in [6.07, 6.45) is -1.38. The molecule has 162 valence electrons. The van der Waals surface area contributed by atoms with Gasteiger partial charge in [-0.05, 0) is 54.6 Å². The Kier molecular flexibility index (Phi) is 5.52. The maximum atomic E-state index is 10.9. The average molecular weight is 429 g/mol. The molecule has 6 nitrogen and oxygen atoms in total. The standard InChI is InChI=1S/C26H23NO5/c1-29-19-8-10-20(11-9-19)32-25-16-31-24-13-12-21(14-22(24)26(25)28)30-15-18-7-6-17-4-2-3-5-23(17)27-18/h2-14,25-26,28H,15-16H2,1H3/t25-,26+/m0/s1. The average Bonchev–Trinajstić information content (AvgIpc) is 2.85. The first kappa shape index (κ1) is 20.2. The molecule has 3 aromatic carbocycles. The van der Waals surface area contributed by atoms with Crippen LogP contribution in [0.3, 0.4) is 0 Å². The fourth-order valence-corrected chi connectivity index (χ4v) is 3.72. The normalized spacial score (nSPS) is 17.3. The lowest BCUT2D eigenvalue weighted by Crippen LogP contribution is -2.35. The number of hydrogen-bond donors (Lipinski definition) is 1. The van der Waals surface area contributed by atoms with Crippen LogP contribution in [0.15, 0.2) is 78.9 Å². The molecule has 1 N–H and O–H groups in total. The maximum absolute atomic E-state index is 10.9. The number of benzene rings is 3. The number of pyridine rings is 1. The number of ether oxygens (including phenoxy) is 4. The number of methoxy groups -OCH3 is 1. The monoisotopic (exact) mass is 429 g/mol. The molecular formula is C26H23NO5. The minimum Gasteiger partial charge on any atom is -0.497 e. The summed E-state index contributed by atoms with van der Waals surface area (Å²) in [4.78, 5) is 4.64. The van der Waals surface area contributed by atoms with Crippen LogP contribution in [-0.2, 0) is 6.61 Å². The molecule has 0 radical (unpaired) electrons. The Hall–Kier alpha value is -3.77. The van der Waals surface area contributed by atoms with Crippen molar-refractivity contribution >= 4 is 10.9 Å². The predicted molar refractivity (Wildman–Crippen MR) is 120 cm³/mol. The summed E-state index contributed by atoms with van der Waals surface area (Å²) in [6, 6.07) is 24.6. The zero-order chi connectivity index (χ0) is 21.9. The highest BCUT2D eigenvalue weighted by molar-refractivity contribution is 5.78. The minimum atomic E-state index is -0.844. The van der Waals surface area contributed by atoms with E-state index in [-0.39, 0.29) is 6.61 Å². The molecule has 5 rings (SSSR count). The molecule has 0 unspecified atom stereocenters. The Morgan fingerprint density at radius 2 is 1.72 bits per heavy atom. The zero-order valence-corrected chi connectivity index (χ0v) is 17.6. The van der Waals surface area contributed by atoms with Gasteiger partial charge in [0.25, 0.3) is 0 Å². The molecule has 0 saturated heterocycles. The van der Waals surface area contributed by atoms with Gasteiger partial charge in [0.05, 0.1) is 18.3 Å². The van der Waals surface area contributed by atoms with Crippen molar-refractivity contribution in [1.29, 1.82) is 0 Å². The molecule has 1 aromatic heterocycles. The number of aromatic nitrogens is 1. The Morgan fingerprint density at radius 1 is 0.938 bits per heavy atom. The predicted octanol–water partition coefficient (Wildman–Crippen LogP) is 4.70. The van der Waals surface area contributed by atoms with Gasteiger partial charge in [-0.25, -0.2) is 4.98 Å². The first-order valence-corrected chi connectivity index (χ1v) is 10.4. The summed E-state index contributed by atoms with van der Waals surface area (Å²) in [6.45, 7) is 0.577. The highest BCUT2D eigenvalue weighted by Crippen LogP contribution is 2.36. The fourth-order valence-electron chi connectivity index (χ4n) is 3.72. The van der Waals surface area contributed by atoms with E-state index >= 15 is 0 Å². The first-order chi connectivity index (χ1) is 15.7. The van der Waals surface area contributed by atoms with E-state index in [1.54, 1.807) is 25.3 Å². The molecule has 0 spiro atoms. The molecule has 0 saturated carbocycles. The second-order valence-corrected chi connectivity index (χ2v) is 7.57. The number of aliphatic hydroxyl groups excluding tert-OH is 1. The molecule has 0 bridgehead atoms. The van der Waals surface area contributed by atoms with Gasteiger partial charge in [-0.2, -0.15) is 0 Å². The SMILES string of the molecule is COc1ccc(O[C@H]2COc3ccc(OCc4ccc5ccccc5n4)cc3[C@H]2O)cc1. The largest absolute Gasteiger partial charge is 0.497 e. The summed E-state index contributed by atoms with van der Waals surface area (Å²) in [5.41, 5.74) is 2.40. The number of aliphatic hydroxyl groups is 1. The van der Waals surface area contributed by atoms with Crippen LogP contribution in [0.1, 0.15) is 17.4 Å². The topological polar surface area (TPSA) is 70.0 Å². The van der Waals surface area contributed by atoms with Gasteiger partial charge in [0.1, 0.15) is 42.3 Å². The Bertz CT molecular complexity index is 1220. The van der Waals surface area contributed by atoms with E-state index in [1.807, 2.05) is 60.7 Å². The fraction of sp³-hybridized carbons (Fsp3) is 0.192. The van der Waals surface area contributed by atoms with Crippen molar-refractivity contribution in [3.8, 4) is 23.0 Å². The third kappa shape index (κ3) is 4.18. The van der Waals surface area contributed by atoms with Gasteiger partial charge in [0.2, 0.25) is 0 Å². The zero-order valence-electron chi connectivity index (χ0n) is 17.6. The van der Waals surface area contributed by atoms with E-state index in [0.717, 1.165) is 22.3 Å². The van der Waals surface area contributed by atoms with Crippen LogP contribution >= 0.6 is 0 Å². The quantitative estimate of drug-likeness (QED) is 0.479. The molecule has 32 heavy (non-hydrogen) atoms. The molecular weight excluding hydrogens is 406 g/mol. The number of nitrogens with zero attached hydrogens (tertiary/aromatic N) is 1. The summed E-state index contributed by atoms with van der Waals surface area (Å²) >= 11 is 0. The van der Waals surface area contributed by atoms with Crippen LogP contribution in [0, 0.1) is 0 Å². The maximum Gasteiger partial charge on any atom is 0.163 e. The molecule has 0 fully saturated rings. The Balaban J connectivity index is 1.28. The van der Waals surface area contributed by atoms with E-state index in [0.29, 0.717) is 29.4 Å². The number of hydrogen-bond acceptors (Lipinski definition) is 6. The van der Waals surface area contributed by atoms with Gasteiger partial charge in [-0.15, -0.1) is 0 Å². The van der Waals surface area contributed by atoms with E-state index in [4.69, 9.17) is 18.9 Å². The van der Waals surface area contributed by atoms with Crippen molar-refractivity contribution < 1.29 is 24.1 Å². The van der Waals surface area contributed by atoms with Crippen LogP contribution in [0.4, 0.5) is 0 Å². The van der Waals surface area contributed by atoms with Crippen LogP contribution in [-0.4, -0.2) is 29.9 Å². The minimum absolute atomic E-state index is 0.251. The van der Waals surface area contributed by atoms with Gasteiger partial charge in [0.15, 0.2) is 6.10 Å². The molecule has 2 atom stereocenters. The highest BCUT2D eigenvalue weighted by atomic mass is 16.5. The van der Waals surface area contributed by atoms with E-state index in [2.05, 4.69) is 4.98 Å². The molecule has 0 amide bonds. The lowest BCUT2D eigenvalue weighted by Gasteiger charge is -2.31. The lowest BCUT2D eigenvalue weighted by molar-refractivity contribution is -0.0104. The molecule has 0 aliphatic carbocycles. The highest BCUT2D eigenvalue weighted by Gasteiger charge is 2.31. The number of rotatable bonds is 6. The van der Waals surface area contributed by atoms with E-state index < -0.39 is 12.2 Å². The first-order valence-electron chi connectivity index (χ1n) is 10.4. The third-order valence-corrected chi connectivity index (χ3v) is 5.44. The second-order valence-electron chi connectivity index (χ2n) is 7.57. The molecule has 2 heterocycles. The molecule has 4 aromatic rings. The molecule has 1 aliphatic heterocycles. The van der Waals surface area contributed by atoms with Crippen molar-refractivity contribution in [2.75, 3.05) is 13.7 Å². The van der Waals surface area contributed by atoms with Gasteiger partial charge >= 0.3 is 0 Å². The van der Waals surface area contributed by atoms with Gasteiger partial charge < -0.3 is 24.1 Å². The van der Waals surface area contributed by atoms with E-state index in [1.165, 1.54) is 0 Å². The molecule has 1 aliphatic rings. The van der Waals surface area contributed by atoms with Crippen LogP contribution in [0.2, 0.25) is 0 Å². The lowest BCUT2D eigenvalue weighted by atomic mass is 10.0. The van der Waals surface area contributed by atoms with E-state index in [9.17, 15) is 5.11 Å². The van der Waals surface area contributed by atoms with Crippen LogP contribution in [0.5, 0.6) is 23.0 Å². The van der Waals surface area contributed by atoms with Gasteiger partial charge in [0, 0.05) is 10.9 Å². The van der Waals surface area contributed by atoms with Crippen molar-refractivity contribution in [3.63, 3.8) is 0 Å². The Morgan fingerprint density at radius 3 is 2.56 bits per heavy atom. The molecule has 6 heteroatoms. The van der Waals surface area contributed by atoms with Gasteiger partial charge in [-0.3, -0.25) is 0 Å². The van der Waals surface area contributed by atoms with Gasteiger partial charge in [-0.1, -0.05) is 24.3 Å². The third-order valence-electron chi connectivity index (χ3n) is 5.44. The van der Waals surface area contributed by atoms with Crippen molar-refractivity contribution in [1.82, 2.24) is 4.98 Å². The van der Waals surface area contributed by atoms with Crippen molar-refractivity contribution in [3.05, 3.63) is 90.1 Å². The summed E-state index contributed by atoms with van der Waals surface area (Å²) < 4.78 is 22.9. The second kappa shape index (κ2) is 8.77. The number of para-hydroxylation sites is 1.